The minimum atomic E-state index is -3.64. The predicted octanol–water partition coefficient (Wildman–Crippen LogP) is 1.46. The van der Waals surface area contributed by atoms with Crippen LogP contribution in [-0.4, -0.2) is 67.8 Å². The summed E-state index contributed by atoms with van der Waals surface area (Å²) in [5.41, 5.74) is 0. The third-order valence-electron chi connectivity index (χ3n) is 4.93. The number of hydrogen-bond acceptors (Lipinski definition) is 5. The zero-order chi connectivity index (χ0) is 19.4. The minimum Gasteiger partial charge on any atom is -0.340 e. The molecule has 0 saturated carbocycles. The van der Waals surface area contributed by atoms with Crippen LogP contribution >= 0.6 is 0 Å². The molecule has 0 bridgehead atoms. The molecule has 1 amide bonds. The van der Waals surface area contributed by atoms with Crippen LogP contribution in [0.15, 0.2) is 41.6 Å². The smallest absolute Gasteiger partial charge is 0.243 e. The summed E-state index contributed by atoms with van der Waals surface area (Å²) in [6.07, 6.45) is 4.89. The number of likely N-dealkylation sites (N-methyl/N-ethyl adjacent to an activating group) is 1. The van der Waals surface area contributed by atoms with E-state index in [1.165, 1.54) is 4.31 Å². The first-order chi connectivity index (χ1) is 12.9. The molecule has 146 valence electrons. The Kier molecular flexibility index (Phi) is 6.08. The number of carbonyl (C=O) groups is 1. The van der Waals surface area contributed by atoms with E-state index in [2.05, 4.69) is 10.3 Å². The van der Waals surface area contributed by atoms with Crippen molar-refractivity contribution in [1.82, 2.24) is 19.5 Å². The maximum atomic E-state index is 13.3. The molecule has 1 aromatic carbocycles. The Bertz CT molecular complexity index is 916. The number of nitrogens with one attached hydrogen (secondary N) is 1. The van der Waals surface area contributed by atoms with Crippen LogP contribution in [0.25, 0.3) is 10.8 Å². The van der Waals surface area contributed by atoms with Crippen molar-refractivity contribution in [1.29, 1.82) is 0 Å². The molecule has 8 heteroatoms. The average Bonchev–Trinajstić information content (AvgIpc) is 2.64. The summed E-state index contributed by atoms with van der Waals surface area (Å²) in [6.45, 7) is 3.66. The molecule has 1 aliphatic heterocycles. The Balaban J connectivity index is 1.88. The molecule has 1 aromatic heterocycles. The highest BCUT2D eigenvalue weighted by atomic mass is 32.2. The Labute approximate surface area is 160 Å². The molecule has 0 aliphatic carbocycles. The number of pyridine rings is 1. The highest BCUT2D eigenvalue weighted by Crippen LogP contribution is 2.24. The third-order valence-corrected chi connectivity index (χ3v) is 6.94. The van der Waals surface area contributed by atoms with Crippen LogP contribution in [0.4, 0.5) is 0 Å². The van der Waals surface area contributed by atoms with Crippen molar-refractivity contribution in [3.05, 3.63) is 36.7 Å². The molecule has 1 N–H and O–H groups in total. The Morgan fingerprint density at radius 3 is 2.78 bits per heavy atom. The van der Waals surface area contributed by atoms with Crippen molar-refractivity contribution in [3.8, 4) is 0 Å². The summed E-state index contributed by atoms with van der Waals surface area (Å²) in [6, 6.07) is 6.64. The van der Waals surface area contributed by atoms with Crippen molar-refractivity contribution in [2.75, 3.05) is 33.2 Å². The van der Waals surface area contributed by atoms with Gasteiger partial charge < -0.3 is 10.2 Å². The molecular weight excluding hydrogens is 364 g/mol. The first-order valence-corrected chi connectivity index (χ1v) is 10.7. The number of benzene rings is 1. The number of aromatic nitrogens is 1. The number of fused-ring (bicyclic) bond motifs is 1. The van der Waals surface area contributed by atoms with Gasteiger partial charge in [-0.3, -0.25) is 9.78 Å². The topological polar surface area (TPSA) is 82.6 Å². The number of carbonyl (C=O) groups excluding carboxylic acids is 1. The van der Waals surface area contributed by atoms with Gasteiger partial charge in [0.25, 0.3) is 0 Å². The van der Waals surface area contributed by atoms with Gasteiger partial charge in [0.1, 0.15) is 0 Å². The Hall–Kier alpha value is -2.03. The standard InChI is InChI=1S/C19H26N4O3S/c1-15-14-22(19(24)13-20-2)9-3-4-10-23(15)27(25,26)18-6-5-17-12-21-8-7-16(17)11-18/h5-8,11-12,15,20H,3-4,9-10,13-14H2,1-2H3. The van der Waals surface area contributed by atoms with E-state index in [0.717, 1.165) is 23.6 Å². The van der Waals surface area contributed by atoms with E-state index < -0.39 is 10.0 Å². The largest absolute Gasteiger partial charge is 0.340 e. The van der Waals surface area contributed by atoms with Crippen molar-refractivity contribution in [2.45, 2.75) is 30.7 Å². The van der Waals surface area contributed by atoms with Gasteiger partial charge in [0, 0.05) is 43.5 Å². The van der Waals surface area contributed by atoms with Crippen LogP contribution in [0, 0.1) is 0 Å². The van der Waals surface area contributed by atoms with Crippen LogP contribution in [0.1, 0.15) is 19.8 Å². The van der Waals surface area contributed by atoms with Crippen LogP contribution in [0.2, 0.25) is 0 Å². The second-order valence-electron chi connectivity index (χ2n) is 6.93. The Morgan fingerprint density at radius 2 is 2.00 bits per heavy atom. The molecular formula is C19H26N4O3S. The molecule has 1 aliphatic rings. The molecule has 0 spiro atoms. The quantitative estimate of drug-likeness (QED) is 0.855. The van der Waals surface area contributed by atoms with Crippen LogP contribution < -0.4 is 5.32 Å². The lowest BCUT2D eigenvalue weighted by atomic mass is 10.2. The zero-order valence-electron chi connectivity index (χ0n) is 15.8. The van der Waals surface area contributed by atoms with Gasteiger partial charge in [-0.05, 0) is 50.4 Å². The summed E-state index contributed by atoms with van der Waals surface area (Å²) >= 11 is 0. The highest BCUT2D eigenvalue weighted by molar-refractivity contribution is 7.89. The van der Waals surface area contributed by atoms with Crippen molar-refractivity contribution >= 4 is 26.7 Å². The monoisotopic (exact) mass is 390 g/mol. The fourth-order valence-corrected chi connectivity index (χ4v) is 5.19. The second kappa shape index (κ2) is 8.33. The van der Waals surface area contributed by atoms with Crippen LogP contribution in [0.3, 0.4) is 0 Å². The molecule has 2 heterocycles. The van der Waals surface area contributed by atoms with E-state index in [4.69, 9.17) is 0 Å². The molecule has 1 saturated heterocycles. The maximum absolute atomic E-state index is 13.3. The van der Waals surface area contributed by atoms with E-state index in [9.17, 15) is 13.2 Å². The molecule has 1 unspecified atom stereocenters. The zero-order valence-corrected chi connectivity index (χ0v) is 16.6. The fourth-order valence-electron chi connectivity index (χ4n) is 3.50. The Morgan fingerprint density at radius 1 is 1.22 bits per heavy atom. The SMILES string of the molecule is CNCC(=O)N1CCCCN(S(=O)(=O)c2ccc3cnccc3c2)C(C)C1. The second-order valence-corrected chi connectivity index (χ2v) is 8.82. The normalized spacial score (nSPS) is 19.6. The number of sulfonamides is 1. The van der Waals surface area contributed by atoms with E-state index >= 15 is 0 Å². The first kappa shape index (κ1) is 19.7. The van der Waals surface area contributed by atoms with Crippen molar-refractivity contribution in [2.24, 2.45) is 0 Å². The van der Waals surface area contributed by atoms with Crippen molar-refractivity contribution in [3.63, 3.8) is 0 Å². The molecule has 1 fully saturated rings. The van der Waals surface area contributed by atoms with Gasteiger partial charge in [-0.2, -0.15) is 4.31 Å². The molecule has 2 aromatic rings. The van der Waals surface area contributed by atoms with E-state index in [-0.39, 0.29) is 23.4 Å². The van der Waals surface area contributed by atoms with E-state index in [1.54, 1.807) is 42.5 Å². The number of rotatable bonds is 4. The lowest BCUT2D eigenvalue weighted by Crippen LogP contribution is -2.50. The number of nitrogens with zero attached hydrogens (tertiary/aromatic N) is 3. The van der Waals surface area contributed by atoms with Crippen molar-refractivity contribution < 1.29 is 13.2 Å². The van der Waals surface area contributed by atoms with E-state index in [1.807, 2.05) is 13.0 Å². The summed E-state index contributed by atoms with van der Waals surface area (Å²) < 4.78 is 28.1. The average molecular weight is 391 g/mol. The summed E-state index contributed by atoms with van der Waals surface area (Å²) in [7, 11) is -1.91. The van der Waals surface area contributed by atoms with Crippen LogP contribution in [0.5, 0.6) is 0 Å². The van der Waals surface area contributed by atoms with Gasteiger partial charge in [-0.15, -0.1) is 0 Å². The summed E-state index contributed by atoms with van der Waals surface area (Å²) in [5.74, 6) is 0.00167. The highest BCUT2D eigenvalue weighted by Gasteiger charge is 2.32. The fraction of sp³-hybridized carbons (Fsp3) is 0.474. The third kappa shape index (κ3) is 4.28. The molecule has 3 rings (SSSR count). The molecule has 7 nitrogen and oxygen atoms in total. The van der Waals surface area contributed by atoms with Gasteiger partial charge in [0.05, 0.1) is 11.4 Å². The lowest BCUT2D eigenvalue weighted by molar-refractivity contribution is -0.131. The first-order valence-electron chi connectivity index (χ1n) is 9.21. The van der Waals surface area contributed by atoms with Gasteiger partial charge >= 0.3 is 0 Å². The van der Waals surface area contributed by atoms with Crippen LogP contribution in [-0.2, 0) is 14.8 Å². The number of hydrogen-bond donors (Lipinski definition) is 1. The maximum Gasteiger partial charge on any atom is 0.243 e. The summed E-state index contributed by atoms with van der Waals surface area (Å²) in [4.78, 5) is 18.4. The molecule has 27 heavy (non-hydrogen) atoms. The van der Waals surface area contributed by atoms with Gasteiger partial charge in [0.2, 0.25) is 15.9 Å². The number of amides is 1. The minimum absolute atomic E-state index is 0.00167. The van der Waals surface area contributed by atoms with E-state index in [0.29, 0.717) is 19.6 Å². The molecule has 0 radical (unpaired) electrons. The van der Waals surface area contributed by atoms with Gasteiger partial charge in [-0.1, -0.05) is 6.07 Å². The van der Waals surface area contributed by atoms with Gasteiger partial charge in [-0.25, -0.2) is 8.42 Å². The summed E-state index contributed by atoms with van der Waals surface area (Å²) in [5, 5.41) is 4.62. The predicted molar refractivity (Wildman–Crippen MR) is 105 cm³/mol. The molecule has 1 atom stereocenters. The van der Waals surface area contributed by atoms with Gasteiger partial charge in [0.15, 0.2) is 0 Å². The lowest BCUT2D eigenvalue weighted by Gasteiger charge is -2.35.